The summed E-state index contributed by atoms with van der Waals surface area (Å²) in [7, 11) is 0. The number of para-hydroxylation sites is 2. The first-order valence-electron chi connectivity index (χ1n) is 9.16. The van der Waals surface area contributed by atoms with Gasteiger partial charge in [-0.3, -0.25) is 9.78 Å². The number of aryl methyl sites for hydroxylation is 1. The smallest absolute Gasteiger partial charge is 0.227 e. The van der Waals surface area contributed by atoms with Crippen LogP contribution in [0.4, 0.5) is 5.69 Å². The van der Waals surface area contributed by atoms with Crippen molar-refractivity contribution in [2.24, 2.45) is 5.92 Å². The quantitative estimate of drug-likeness (QED) is 0.716. The van der Waals surface area contributed by atoms with E-state index in [4.69, 9.17) is 9.72 Å². The third kappa shape index (κ3) is 3.85. The number of rotatable bonds is 5. The van der Waals surface area contributed by atoms with Crippen molar-refractivity contribution in [3.63, 3.8) is 0 Å². The van der Waals surface area contributed by atoms with Crippen LogP contribution in [-0.4, -0.2) is 22.5 Å². The van der Waals surface area contributed by atoms with Crippen molar-refractivity contribution in [2.75, 3.05) is 11.9 Å². The summed E-state index contributed by atoms with van der Waals surface area (Å²) in [6, 6.07) is 11.5. The molecule has 1 aromatic carbocycles. The molecule has 0 saturated heterocycles. The molecule has 3 aromatic rings. The van der Waals surface area contributed by atoms with E-state index in [1.165, 1.54) is 4.88 Å². The number of benzene rings is 1. The van der Waals surface area contributed by atoms with Crippen molar-refractivity contribution in [3.8, 4) is 16.3 Å². The summed E-state index contributed by atoms with van der Waals surface area (Å²) >= 11 is 1.68. The predicted molar refractivity (Wildman–Crippen MR) is 107 cm³/mol. The fourth-order valence-electron chi connectivity index (χ4n) is 3.30. The molecule has 0 radical (unpaired) electrons. The number of fused-ring (bicyclic) bond motifs is 1. The average Bonchev–Trinajstić information content (AvgIpc) is 3.14. The Morgan fingerprint density at radius 3 is 2.89 bits per heavy atom. The second-order valence-electron chi connectivity index (χ2n) is 6.48. The van der Waals surface area contributed by atoms with Gasteiger partial charge < -0.3 is 10.1 Å². The molecule has 0 spiro atoms. The number of nitrogens with one attached hydrogen (secondary N) is 1. The number of pyridine rings is 1. The third-order valence-corrected chi connectivity index (χ3v) is 5.85. The monoisotopic (exact) mass is 379 g/mol. The van der Waals surface area contributed by atoms with Crippen LogP contribution in [0.15, 0.2) is 48.8 Å². The lowest BCUT2D eigenvalue weighted by Crippen LogP contribution is -2.27. The van der Waals surface area contributed by atoms with Gasteiger partial charge in [-0.25, -0.2) is 4.98 Å². The van der Waals surface area contributed by atoms with E-state index in [9.17, 15) is 4.79 Å². The number of anilines is 1. The molecule has 0 aliphatic heterocycles. The molecule has 0 bridgehead atoms. The van der Waals surface area contributed by atoms with E-state index in [0.29, 0.717) is 12.4 Å². The lowest BCUT2D eigenvalue weighted by Gasteiger charge is -2.21. The van der Waals surface area contributed by atoms with Gasteiger partial charge in [0.1, 0.15) is 10.8 Å². The molecule has 1 aliphatic carbocycles. The molecule has 2 aromatic heterocycles. The lowest BCUT2D eigenvalue weighted by atomic mass is 9.90. The van der Waals surface area contributed by atoms with Gasteiger partial charge in [0, 0.05) is 28.8 Å². The number of hydrogen-bond donors (Lipinski definition) is 1. The molecule has 27 heavy (non-hydrogen) atoms. The van der Waals surface area contributed by atoms with E-state index in [0.717, 1.165) is 41.2 Å². The van der Waals surface area contributed by atoms with Crippen LogP contribution in [0.25, 0.3) is 10.6 Å². The van der Waals surface area contributed by atoms with Crippen molar-refractivity contribution in [1.82, 2.24) is 9.97 Å². The molecule has 138 valence electrons. The first-order valence-corrected chi connectivity index (χ1v) is 9.98. The topological polar surface area (TPSA) is 64.1 Å². The molecule has 1 aliphatic rings. The minimum atomic E-state index is -0.0436. The Labute approximate surface area is 162 Å². The summed E-state index contributed by atoms with van der Waals surface area (Å²) in [5.74, 6) is 0.715. The van der Waals surface area contributed by atoms with Crippen molar-refractivity contribution >= 4 is 22.9 Å². The Morgan fingerprint density at radius 1 is 1.26 bits per heavy atom. The van der Waals surface area contributed by atoms with Crippen molar-refractivity contribution in [2.45, 2.75) is 26.2 Å². The number of thiazole rings is 1. The Bertz CT molecular complexity index is 940. The van der Waals surface area contributed by atoms with Gasteiger partial charge in [0.05, 0.1) is 18.0 Å². The highest BCUT2D eigenvalue weighted by Crippen LogP contribution is 2.35. The zero-order valence-corrected chi connectivity index (χ0v) is 16.0. The number of ether oxygens (including phenoxy) is 1. The fraction of sp³-hybridized carbons (Fsp3) is 0.286. The van der Waals surface area contributed by atoms with Crippen LogP contribution in [0.3, 0.4) is 0 Å². The maximum Gasteiger partial charge on any atom is 0.227 e. The molecule has 6 heteroatoms. The van der Waals surface area contributed by atoms with Gasteiger partial charge in [-0.15, -0.1) is 11.3 Å². The van der Waals surface area contributed by atoms with E-state index >= 15 is 0 Å². The van der Waals surface area contributed by atoms with Crippen LogP contribution in [-0.2, 0) is 17.6 Å². The molecule has 0 saturated carbocycles. The van der Waals surface area contributed by atoms with E-state index in [-0.39, 0.29) is 11.8 Å². The SMILES string of the molecule is CCOc1ccccc1NC(=O)C1CCc2nc(-c3ccncc3)sc2C1. The van der Waals surface area contributed by atoms with Crippen molar-refractivity contribution in [1.29, 1.82) is 0 Å². The second-order valence-corrected chi connectivity index (χ2v) is 7.57. The van der Waals surface area contributed by atoms with E-state index in [1.54, 1.807) is 23.7 Å². The van der Waals surface area contributed by atoms with Gasteiger partial charge in [0.25, 0.3) is 0 Å². The summed E-state index contributed by atoms with van der Waals surface area (Å²) in [5.41, 5.74) is 2.94. The zero-order valence-electron chi connectivity index (χ0n) is 15.1. The normalized spacial score (nSPS) is 15.8. The predicted octanol–water partition coefficient (Wildman–Crippen LogP) is 4.35. The van der Waals surface area contributed by atoms with Crippen molar-refractivity contribution < 1.29 is 9.53 Å². The fourth-order valence-corrected chi connectivity index (χ4v) is 4.50. The minimum Gasteiger partial charge on any atom is -0.492 e. The molecule has 1 amide bonds. The number of carbonyl (C=O) groups excluding carboxylic acids is 1. The van der Waals surface area contributed by atoms with Crippen LogP contribution in [0.5, 0.6) is 5.75 Å². The highest BCUT2D eigenvalue weighted by Gasteiger charge is 2.28. The highest BCUT2D eigenvalue weighted by atomic mass is 32.1. The first-order chi connectivity index (χ1) is 13.2. The highest BCUT2D eigenvalue weighted by molar-refractivity contribution is 7.15. The maximum absolute atomic E-state index is 12.8. The van der Waals surface area contributed by atoms with Crippen molar-refractivity contribution in [3.05, 3.63) is 59.4 Å². The first kappa shape index (κ1) is 17.7. The summed E-state index contributed by atoms with van der Waals surface area (Å²) in [6.07, 6.45) is 5.95. The molecule has 1 unspecified atom stereocenters. The lowest BCUT2D eigenvalue weighted by molar-refractivity contribution is -0.120. The molecule has 2 heterocycles. The number of amides is 1. The molecule has 0 fully saturated rings. The Balaban J connectivity index is 1.48. The zero-order chi connectivity index (χ0) is 18.6. The Morgan fingerprint density at radius 2 is 2.07 bits per heavy atom. The molecular formula is C21H21N3O2S. The number of carbonyl (C=O) groups is 1. The summed E-state index contributed by atoms with van der Waals surface area (Å²) < 4.78 is 5.61. The largest absolute Gasteiger partial charge is 0.492 e. The van der Waals surface area contributed by atoms with Gasteiger partial charge >= 0.3 is 0 Å². The maximum atomic E-state index is 12.8. The molecule has 4 rings (SSSR count). The average molecular weight is 379 g/mol. The van der Waals surface area contributed by atoms with Gasteiger partial charge in [-0.1, -0.05) is 12.1 Å². The molecular weight excluding hydrogens is 358 g/mol. The molecule has 1 atom stereocenters. The molecule has 1 N–H and O–H groups in total. The van der Waals surface area contributed by atoms with Crippen LogP contribution in [0.1, 0.15) is 23.9 Å². The minimum absolute atomic E-state index is 0.0436. The second kappa shape index (κ2) is 7.88. The van der Waals surface area contributed by atoms with Gasteiger partial charge in [0.2, 0.25) is 5.91 Å². The summed E-state index contributed by atoms with van der Waals surface area (Å²) in [6.45, 7) is 2.50. The Kier molecular flexibility index (Phi) is 5.16. The number of aromatic nitrogens is 2. The van der Waals surface area contributed by atoms with Crippen LogP contribution in [0.2, 0.25) is 0 Å². The van der Waals surface area contributed by atoms with E-state index in [1.807, 2.05) is 43.3 Å². The van der Waals surface area contributed by atoms with Gasteiger partial charge in [-0.2, -0.15) is 0 Å². The van der Waals surface area contributed by atoms with Crippen LogP contribution >= 0.6 is 11.3 Å². The number of nitrogens with zero attached hydrogens (tertiary/aromatic N) is 2. The van der Waals surface area contributed by atoms with Gasteiger partial charge in [-0.05, 0) is 50.5 Å². The Hall–Kier alpha value is -2.73. The van der Waals surface area contributed by atoms with Gasteiger partial charge in [0.15, 0.2) is 0 Å². The van der Waals surface area contributed by atoms with E-state index < -0.39 is 0 Å². The van der Waals surface area contributed by atoms with Crippen LogP contribution < -0.4 is 10.1 Å². The summed E-state index contributed by atoms with van der Waals surface area (Å²) in [4.78, 5) is 22.9. The third-order valence-electron chi connectivity index (χ3n) is 4.68. The standard InChI is InChI=1S/C21H21N3O2S/c1-2-26-18-6-4-3-5-16(18)23-20(25)15-7-8-17-19(13-15)27-21(24-17)14-9-11-22-12-10-14/h3-6,9-12,15H,2,7-8,13H2,1H3,(H,23,25). The summed E-state index contributed by atoms with van der Waals surface area (Å²) in [5, 5.41) is 4.05. The number of hydrogen-bond acceptors (Lipinski definition) is 5. The van der Waals surface area contributed by atoms with Crippen LogP contribution in [0, 0.1) is 5.92 Å². The molecule has 5 nitrogen and oxygen atoms in total. The van der Waals surface area contributed by atoms with E-state index in [2.05, 4.69) is 10.3 Å².